The fraction of sp³-hybridized carbons (Fsp3) is 0.0968. The highest BCUT2D eigenvalue weighted by atomic mass is 35.5. The second kappa shape index (κ2) is 13.1. The van der Waals surface area contributed by atoms with E-state index in [0.717, 1.165) is 29.1 Å². The zero-order valence-corrected chi connectivity index (χ0v) is 24.4. The zero-order valence-electron chi connectivity index (χ0n) is 23.6. The quantitative estimate of drug-likeness (QED) is 0.108. The van der Waals surface area contributed by atoms with Crippen LogP contribution in [0.4, 0.5) is 24.5 Å². The summed E-state index contributed by atoms with van der Waals surface area (Å²) in [6.07, 6.45) is -3.57. The fourth-order valence-electron chi connectivity index (χ4n) is 4.36. The molecule has 0 radical (unpaired) electrons. The highest BCUT2D eigenvalue weighted by Gasteiger charge is 2.31. The van der Waals surface area contributed by atoms with Gasteiger partial charge in [0.15, 0.2) is 18.2 Å². The third-order valence-corrected chi connectivity index (χ3v) is 6.73. The van der Waals surface area contributed by atoms with Crippen molar-refractivity contribution in [2.75, 3.05) is 19.0 Å². The van der Waals surface area contributed by atoms with E-state index in [-0.39, 0.29) is 39.4 Å². The van der Waals surface area contributed by atoms with Crippen molar-refractivity contribution < 1.29 is 32.4 Å². The molecule has 0 atom stereocenters. The molecule has 46 heavy (non-hydrogen) atoms. The maximum atomic E-state index is 13.5. The molecule has 5 aromatic rings. The topological polar surface area (TPSA) is 138 Å². The Hall–Kier alpha value is -5.76. The summed E-state index contributed by atoms with van der Waals surface area (Å²) < 4.78 is 52.0. The van der Waals surface area contributed by atoms with Crippen molar-refractivity contribution in [1.29, 1.82) is 0 Å². The summed E-state index contributed by atoms with van der Waals surface area (Å²) in [4.78, 5) is 41.5. The number of alkyl halides is 3. The largest absolute Gasteiger partial charge is 0.493 e. The Balaban J connectivity index is 1.52. The van der Waals surface area contributed by atoms with E-state index in [0.29, 0.717) is 10.7 Å². The highest BCUT2D eigenvalue weighted by molar-refractivity contribution is 6.30. The van der Waals surface area contributed by atoms with Gasteiger partial charge >= 0.3 is 11.9 Å². The summed E-state index contributed by atoms with van der Waals surface area (Å²) in [5.41, 5.74) is -1.56. The van der Waals surface area contributed by atoms with Crippen LogP contribution in [0.2, 0.25) is 5.02 Å². The summed E-state index contributed by atoms with van der Waals surface area (Å²) >= 11 is 5.85. The first-order valence-electron chi connectivity index (χ1n) is 13.2. The van der Waals surface area contributed by atoms with Crippen LogP contribution in [-0.4, -0.2) is 40.4 Å². The molecule has 1 aromatic heterocycles. The molecule has 0 unspecified atom stereocenters. The summed E-state index contributed by atoms with van der Waals surface area (Å²) in [6, 6.07) is 19.1. The van der Waals surface area contributed by atoms with E-state index in [1.807, 2.05) is 0 Å². The van der Waals surface area contributed by atoms with E-state index >= 15 is 0 Å². The first-order chi connectivity index (χ1) is 21.9. The van der Waals surface area contributed by atoms with Crippen LogP contribution in [0.1, 0.15) is 11.1 Å². The molecule has 4 aromatic carbocycles. The molecule has 0 fully saturated rings. The second-order valence-electron chi connectivity index (χ2n) is 9.56. The van der Waals surface area contributed by atoms with Crippen LogP contribution in [0, 0.1) is 10.1 Å². The predicted octanol–water partition coefficient (Wildman–Crippen LogP) is 6.55. The van der Waals surface area contributed by atoms with Crippen molar-refractivity contribution >= 4 is 46.0 Å². The summed E-state index contributed by atoms with van der Waals surface area (Å²) in [5.74, 6) is -1.28. The number of hydrogen-bond acceptors (Lipinski definition) is 8. The summed E-state index contributed by atoms with van der Waals surface area (Å²) in [6.45, 7) is -0.605. The summed E-state index contributed by atoms with van der Waals surface area (Å²) in [5, 5.41) is 19.3. The smallest absolute Gasteiger partial charge is 0.416 e. The van der Waals surface area contributed by atoms with E-state index in [4.69, 9.17) is 21.1 Å². The molecule has 1 amide bonds. The molecule has 11 nitrogen and oxygen atoms in total. The van der Waals surface area contributed by atoms with Crippen LogP contribution >= 0.6 is 11.6 Å². The van der Waals surface area contributed by atoms with Crippen LogP contribution in [0.5, 0.6) is 11.5 Å². The number of anilines is 1. The number of nitro benzene ring substituents is 1. The fourth-order valence-corrected chi connectivity index (χ4v) is 4.49. The van der Waals surface area contributed by atoms with Gasteiger partial charge < -0.3 is 14.8 Å². The van der Waals surface area contributed by atoms with Crippen LogP contribution in [0.3, 0.4) is 0 Å². The maximum Gasteiger partial charge on any atom is 0.416 e. The van der Waals surface area contributed by atoms with E-state index in [1.54, 1.807) is 36.4 Å². The Bertz CT molecular complexity index is 2050. The third kappa shape index (κ3) is 6.97. The van der Waals surface area contributed by atoms with Crippen molar-refractivity contribution in [1.82, 2.24) is 9.66 Å². The lowest BCUT2D eigenvalue weighted by atomic mass is 10.1. The molecular formula is C31H21ClF3N5O6. The number of carbonyl (C=O) groups excluding carboxylic acids is 1. The minimum absolute atomic E-state index is 0.0426. The van der Waals surface area contributed by atoms with Gasteiger partial charge in [-0.25, -0.2) is 4.98 Å². The predicted molar refractivity (Wildman–Crippen MR) is 165 cm³/mol. The van der Waals surface area contributed by atoms with Gasteiger partial charge in [-0.15, -0.1) is 0 Å². The molecule has 5 rings (SSSR count). The molecule has 0 bridgehead atoms. The Labute approximate surface area is 262 Å². The van der Waals surface area contributed by atoms with Crippen LogP contribution in [0.25, 0.3) is 22.3 Å². The van der Waals surface area contributed by atoms with Crippen LogP contribution < -0.4 is 20.3 Å². The molecule has 234 valence electrons. The molecule has 0 saturated heterocycles. The number of benzene rings is 4. The van der Waals surface area contributed by atoms with Gasteiger partial charge in [-0.1, -0.05) is 35.9 Å². The Kier molecular flexibility index (Phi) is 9.00. The monoisotopic (exact) mass is 651 g/mol. The van der Waals surface area contributed by atoms with Gasteiger partial charge in [0.05, 0.1) is 34.7 Å². The second-order valence-corrected chi connectivity index (χ2v) is 10.0. The number of nitrogens with one attached hydrogen (secondary N) is 1. The number of fused-ring (bicyclic) bond motifs is 1. The van der Waals surface area contributed by atoms with Crippen molar-refractivity contribution in [2.24, 2.45) is 5.10 Å². The van der Waals surface area contributed by atoms with Crippen LogP contribution in [-0.2, 0) is 11.0 Å². The average Bonchev–Trinajstić information content (AvgIpc) is 3.03. The lowest BCUT2D eigenvalue weighted by Gasteiger charge is -2.13. The Morgan fingerprint density at radius 1 is 1.09 bits per heavy atom. The highest BCUT2D eigenvalue weighted by Crippen LogP contribution is 2.38. The first kappa shape index (κ1) is 31.7. The number of nitro groups is 1. The minimum Gasteiger partial charge on any atom is -0.493 e. The summed E-state index contributed by atoms with van der Waals surface area (Å²) in [7, 11) is 1.23. The first-order valence-corrected chi connectivity index (χ1v) is 13.6. The average molecular weight is 652 g/mol. The number of methoxy groups -OCH3 is 1. The number of carbonyl (C=O) groups is 1. The molecule has 0 spiro atoms. The third-order valence-electron chi connectivity index (χ3n) is 6.47. The van der Waals surface area contributed by atoms with Crippen molar-refractivity contribution in [3.63, 3.8) is 0 Å². The van der Waals surface area contributed by atoms with Crippen LogP contribution in [0.15, 0.2) is 94.8 Å². The number of hydrogen-bond donors (Lipinski definition) is 1. The number of para-hydroxylation sites is 1. The Morgan fingerprint density at radius 2 is 1.83 bits per heavy atom. The number of halogens is 4. The van der Waals surface area contributed by atoms with Gasteiger partial charge in [-0.2, -0.15) is 22.9 Å². The van der Waals surface area contributed by atoms with Crippen molar-refractivity contribution in [2.45, 2.75) is 6.18 Å². The lowest BCUT2D eigenvalue weighted by Crippen LogP contribution is -2.21. The molecule has 1 heterocycles. The molecule has 1 N–H and O–H groups in total. The Morgan fingerprint density at radius 3 is 2.52 bits per heavy atom. The SMILES string of the molecule is COc1cc(C=Nn2c(-c3cccc(C(F)(F)F)c3)nc3ccccc3c2=O)cc([N+](=O)[O-])c1OCC(=O)Nc1ccc(Cl)cc1. The van der Waals surface area contributed by atoms with Gasteiger partial charge in [0.1, 0.15) is 0 Å². The standard InChI is InChI=1S/C31H21ClF3N5O6/c1-45-26-14-18(13-25(40(43)44)28(26)46-17-27(41)37-22-11-9-21(32)10-12-22)16-36-39-29(19-5-4-6-20(15-19)31(33,34)35)38-24-8-3-2-7-23(24)30(39)42/h2-16H,17H2,1H3,(H,37,41). The van der Waals surface area contributed by atoms with Gasteiger partial charge in [-0.05, 0) is 54.6 Å². The number of nitrogens with zero attached hydrogens (tertiary/aromatic N) is 4. The number of aromatic nitrogens is 2. The van der Waals surface area contributed by atoms with Gasteiger partial charge in [0.2, 0.25) is 5.75 Å². The normalized spacial score (nSPS) is 11.5. The molecule has 0 aliphatic heterocycles. The number of amides is 1. The molecule has 15 heteroatoms. The molecular weight excluding hydrogens is 631 g/mol. The van der Waals surface area contributed by atoms with Gasteiger partial charge in [-0.3, -0.25) is 19.7 Å². The van der Waals surface area contributed by atoms with E-state index in [9.17, 15) is 32.9 Å². The molecule has 0 saturated carbocycles. The van der Waals surface area contributed by atoms with Crippen molar-refractivity contribution in [3.05, 3.63) is 122 Å². The molecule has 0 aliphatic carbocycles. The number of rotatable bonds is 9. The zero-order chi connectivity index (χ0) is 33.0. The van der Waals surface area contributed by atoms with E-state index < -0.39 is 40.4 Å². The maximum absolute atomic E-state index is 13.5. The van der Waals surface area contributed by atoms with Gasteiger partial charge in [0, 0.05) is 27.9 Å². The van der Waals surface area contributed by atoms with Crippen molar-refractivity contribution in [3.8, 4) is 22.9 Å². The van der Waals surface area contributed by atoms with Gasteiger partial charge in [0.25, 0.3) is 11.5 Å². The van der Waals surface area contributed by atoms with E-state index in [2.05, 4.69) is 15.4 Å². The number of ether oxygens (including phenoxy) is 2. The minimum atomic E-state index is -4.66. The van der Waals surface area contributed by atoms with E-state index in [1.165, 1.54) is 37.4 Å². The molecule has 0 aliphatic rings. The lowest BCUT2D eigenvalue weighted by molar-refractivity contribution is -0.385.